The first-order valence-electron chi connectivity index (χ1n) is 6.49. The molecule has 1 heterocycles. The van der Waals surface area contributed by atoms with Gasteiger partial charge in [0.15, 0.2) is 11.5 Å². The molecule has 2 rings (SSSR count). The van der Waals surface area contributed by atoms with Gasteiger partial charge in [-0.05, 0) is 25.1 Å². The predicted octanol–water partition coefficient (Wildman–Crippen LogP) is 1.14. The summed E-state index contributed by atoms with van der Waals surface area (Å²) in [6.45, 7) is 3.28. The van der Waals surface area contributed by atoms with Crippen molar-refractivity contribution in [1.82, 2.24) is 10.2 Å². The Balaban J connectivity index is 2.27. The maximum absolute atomic E-state index is 12.6. The predicted molar refractivity (Wildman–Crippen MR) is 72.9 cm³/mol. The quantitative estimate of drug-likeness (QED) is 0.889. The molecule has 0 atom stereocenters. The summed E-state index contributed by atoms with van der Waals surface area (Å²) in [7, 11) is 3.13. The van der Waals surface area contributed by atoms with E-state index in [2.05, 4.69) is 5.32 Å². The molecule has 1 N–H and O–H groups in total. The van der Waals surface area contributed by atoms with Gasteiger partial charge in [0.2, 0.25) is 0 Å². The van der Waals surface area contributed by atoms with Crippen LogP contribution in [0.3, 0.4) is 0 Å². The molecule has 1 aromatic rings. The summed E-state index contributed by atoms with van der Waals surface area (Å²) in [5.74, 6) is 1.09. The van der Waals surface area contributed by atoms with E-state index in [9.17, 15) is 4.79 Å². The maximum Gasteiger partial charge on any atom is 0.257 e. The van der Waals surface area contributed by atoms with Crippen LogP contribution < -0.4 is 14.8 Å². The fourth-order valence-corrected chi connectivity index (χ4v) is 2.27. The van der Waals surface area contributed by atoms with E-state index in [1.165, 1.54) is 0 Å². The number of carbonyl (C=O) groups excluding carboxylic acids is 1. The summed E-state index contributed by atoms with van der Waals surface area (Å²) < 4.78 is 10.6. The van der Waals surface area contributed by atoms with Gasteiger partial charge in [-0.2, -0.15) is 0 Å². The maximum atomic E-state index is 12.6. The van der Waals surface area contributed by atoms with Crippen LogP contribution in [-0.2, 0) is 0 Å². The van der Waals surface area contributed by atoms with Crippen LogP contribution in [0.5, 0.6) is 11.5 Å². The molecule has 0 unspecified atom stereocenters. The second-order valence-corrected chi connectivity index (χ2v) is 4.44. The highest BCUT2D eigenvalue weighted by Gasteiger charge is 2.22. The van der Waals surface area contributed by atoms with Crippen LogP contribution in [0.2, 0.25) is 0 Å². The van der Waals surface area contributed by atoms with Crippen LogP contribution in [0.15, 0.2) is 18.2 Å². The number of hydrogen-bond donors (Lipinski definition) is 1. The molecule has 19 heavy (non-hydrogen) atoms. The fourth-order valence-electron chi connectivity index (χ4n) is 2.27. The number of nitrogens with zero attached hydrogens (tertiary/aromatic N) is 1. The van der Waals surface area contributed by atoms with Gasteiger partial charge in [-0.1, -0.05) is 6.07 Å². The van der Waals surface area contributed by atoms with E-state index in [1.807, 2.05) is 11.0 Å². The summed E-state index contributed by atoms with van der Waals surface area (Å²) in [5, 5.41) is 3.28. The second-order valence-electron chi connectivity index (χ2n) is 4.44. The van der Waals surface area contributed by atoms with Crippen LogP contribution >= 0.6 is 0 Å². The lowest BCUT2D eigenvalue weighted by Gasteiger charge is -2.21. The van der Waals surface area contributed by atoms with Gasteiger partial charge in [0.25, 0.3) is 5.91 Å². The zero-order valence-electron chi connectivity index (χ0n) is 11.4. The number of rotatable bonds is 3. The van der Waals surface area contributed by atoms with Crippen LogP contribution in [0, 0.1) is 0 Å². The molecule has 5 heteroatoms. The smallest absolute Gasteiger partial charge is 0.257 e. The Labute approximate surface area is 113 Å². The lowest BCUT2D eigenvalue weighted by molar-refractivity contribution is 0.0762. The number of ether oxygens (including phenoxy) is 2. The van der Waals surface area contributed by atoms with Crippen molar-refractivity contribution >= 4 is 5.91 Å². The summed E-state index contributed by atoms with van der Waals surface area (Å²) >= 11 is 0. The Morgan fingerprint density at radius 1 is 1.21 bits per heavy atom. The molecule has 1 fully saturated rings. The van der Waals surface area contributed by atoms with Gasteiger partial charge < -0.3 is 19.7 Å². The zero-order chi connectivity index (χ0) is 13.7. The Bertz CT molecular complexity index is 440. The summed E-state index contributed by atoms with van der Waals surface area (Å²) in [6.07, 6.45) is 0.970. The van der Waals surface area contributed by atoms with Crippen LogP contribution in [0.4, 0.5) is 0 Å². The molecule has 0 aliphatic carbocycles. The lowest BCUT2D eigenvalue weighted by atomic mass is 10.1. The number of carbonyl (C=O) groups is 1. The minimum atomic E-state index is -0.000509. The van der Waals surface area contributed by atoms with Crippen molar-refractivity contribution in [3.05, 3.63) is 23.8 Å². The zero-order valence-corrected chi connectivity index (χ0v) is 11.4. The Morgan fingerprint density at radius 3 is 2.79 bits per heavy atom. The largest absolute Gasteiger partial charge is 0.493 e. The first-order valence-corrected chi connectivity index (χ1v) is 6.49. The van der Waals surface area contributed by atoms with Crippen molar-refractivity contribution < 1.29 is 14.3 Å². The van der Waals surface area contributed by atoms with E-state index >= 15 is 0 Å². The fraction of sp³-hybridized carbons (Fsp3) is 0.500. The number of methoxy groups -OCH3 is 2. The number of benzene rings is 1. The van der Waals surface area contributed by atoms with Crippen LogP contribution in [0.1, 0.15) is 16.8 Å². The number of amides is 1. The monoisotopic (exact) mass is 264 g/mol. The van der Waals surface area contributed by atoms with Crippen molar-refractivity contribution in [2.45, 2.75) is 6.42 Å². The molecule has 5 nitrogen and oxygen atoms in total. The normalized spacial score (nSPS) is 15.8. The number of hydrogen-bond acceptors (Lipinski definition) is 4. The van der Waals surface area contributed by atoms with Crippen LogP contribution in [-0.4, -0.2) is 51.2 Å². The van der Waals surface area contributed by atoms with Gasteiger partial charge in [0.1, 0.15) is 0 Å². The second kappa shape index (κ2) is 6.43. The Morgan fingerprint density at radius 2 is 2.05 bits per heavy atom. The van der Waals surface area contributed by atoms with E-state index in [4.69, 9.17) is 9.47 Å². The van der Waals surface area contributed by atoms with E-state index in [0.717, 1.165) is 32.6 Å². The third kappa shape index (κ3) is 2.98. The molecule has 0 saturated carbocycles. The third-order valence-corrected chi connectivity index (χ3v) is 3.26. The van der Waals surface area contributed by atoms with E-state index < -0.39 is 0 Å². The molecule has 1 aliphatic heterocycles. The van der Waals surface area contributed by atoms with Gasteiger partial charge in [0.05, 0.1) is 19.8 Å². The van der Waals surface area contributed by atoms with Crippen molar-refractivity contribution in [2.75, 3.05) is 40.4 Å². The van der Waals surface area contributed by atoms with Gasteiger partial charge in [-0.15, -0.1) is 0 Å². The molecule has 0 radical (unpaired) electrons. The van der Waals surface area contributed by atoms with Gasteiger partial charge in [-0.3, -0.25) is 4.79 Å². The first-order chi connectivity index (χ1) is 9.27. The molecule has 0 aromatic heterocycles. The highest BCUT2D eigenvalue weighted by Crippen LogP contribution is 2.31. The summed E-state index contributed by atoms with van der Waals surface area (Å²) in [6, 6.07) is 5.38. The number of para-hydroxylation sites is 1. The van der Waals surface area contributed by atoms with Gasteiger partial charge in [0, 0.05) is 19.6 Å². The molecular weight excluding hydrogens is 244 g/mol. The molecule has 0 bridgehead atoms. The molecule has 1 saturated heterocycles. The van der Waals surface area contributed by atoms with Crippen molar-refractivity contribution in [3.63, 3.8) is 0 Å². The molecule has 0 spiro atoms. The molecular formula is C14H20N2O3. The van der Waals surface area contributed by atoms with Crippen molar-refractivity contribution in [3.8, 4) is 11.5 Å². The minimum absolute atomic E-state index is 0.000509. The summed E-state index contributed by atoms with van der Waals surface area (Å²) in [4.78, 5) is 14.4. The standard InChI is InChI=1S/C14H20N2O3/c1-18-12-6-3-5-11(13(12)19-2)14(17)16-9-4-7-15-8-10-16/h3,5-6,15H,4,7-10H2,1-2H3. The molecule has 1 amide bonds. The highest BCUT2D eigenvalue weighted by molar-refractivity contribution is 5.97. The topological polar surface area (TPSA) is 50.8 Å². The SMILES string of the molecule is COc1cccc(C(=O)N2CCCNCC2)c1OC. The van der Waals surface area contributed by atoms with E-state index in [-0.39, 0.29) is 5.91 Å². The van der Waals surface area contributed by atoms with Gasteiger partial charge in [-0.25, -0.2) is 0 Å². The summed E-state index contributed by atoms with van der Waals surface area (Å²) in [5.41, 5.74) is 0.559. The first kappa shape index (κ1) is 13.7. The number of nitrogens with one attached hydrogen (secondary N) is 1. The lowest BCUT2D eigenvalue weighted by Crippen LogP contribution is -2.34. The van der Waals surface area contributed by atoms with Gasteiger partial charge >= 0.3 is 0 Å². The van der Waals surface area contributed by atoms with Crippen molar-refractivity contribution in [2.24, 2.45) is 0 Å². The molecule has 104 valence electrons. The molecule has 1 aromatic carbocycles. The van der Waals surface area contributed by atoms with Crippen molar-refractivity contribution in [1.29, 1.82) is 0 Å². The Hall–Kier alpha value is -1.75. The highest BCUT2D eigenvalue weighted by atomic mass is 16.5. The van der Waals surface area contributed by atoms with E-state index in [0.29, 0.717) is 17.1 Å². The minimum Gasteiger partial charge on any atom is -0.493 e. The van der Waals surface area contributed by atoms with Crippen LogP contribution in [0.25, 0.3) is 0 Å². The Kier molecular flexibility index (Phi) is 4.63. The third-order valence-electron chi connectivity index (χ3n) is 3.26. The average Bonchev–Trinajstić information content (AvgIpc) is 2.74. The van der Waals surface area contributed by atoms with E-state index in [1.54, 1.807) is 26.4 Å². The molecule has 1 aliphatic rings. The average molecular weight is 264 g/mol.